The monoisotopic (exact) mass is 254 g/mol. The normalized spacial score (nSPS) is 15.2. The number of nitrogens with zero attached hydrogens (tertiary/aromatic N) is 4. The smallest absolute Gasteiger partial charge is 0.410 e. The molecule has 1 amide bonds. The molecule has 2 heterocycles. The van der Waals surface area contributed by atoms with Gasteiger partial charge < -0.3 is 9.47 Å². The van der Waals surface area contributed by atoms with Crippen LogP contribution in [0.2, 0.25) is 0 Å². The van der Waals surface area contributed by atoms with Crippen molar-refractivity contribution in [1.82, 2.24) is 19.7 Å². The highest BCUT2D eigenvalue weighted by Crippen LogP contribution is 2.18. The molecule has 2 rings (SSSR count). The molecule has 7 nitrogen and oxygen atoms in total. The Balaban J connectivity index is 2.06. The fraction of sp³-hybridized carbons (Fsp3) is 0.727. The molecule has 1 aromatic heterocycles. The molecule has 1 aliphatic heterocycles. The van der Waals surface area contributed by atoms with Crippen molar-refractivity contribution in [2.45, 2.75) is 39.5 Å². The van der Waals surface area contributed by atoms with Gasteiger partial charge in [0.25, 0.3) is 0 Å². The molecule has 0 saturated carbocycles. The summed E-state index contributed by atoms with van der Waals surface area (Å²) in [5.41, 5.74) is -0.486. The van der Waals surface area contributed by atoms with Gasteiger partial charge in [-0.15, -0.1) is 5.10 Å². The number of aromatic nitrogens is 3. The molecule has 0 unspecified atom stereocenters. The molecule has 0 spiro atoms. The molecular formula is C11H18N4O3. The topological polar surface area (TPSA) is 69.5 Å². The molecule has 1 aromatic rings. The molecule has 1 aliphatic rings. The predicted molar refractivity (Wildman–Crippen MR) is 63.2 cm³/mol. The number of hydrogen-bond donors (Lipinski definition) is 0. The van der Waals surface area contributed by atoms with Gasteiger partial charge in [0.1, 0.15) is 5.60 Å². The van der Waals surface area contributed by atoms with Crippen LogP contribution in [0, 0.1) is 0 Å². The second-order valence-corrected chi connectivity index (χ2v) is 5.16. The van der Waals surface area contributed by atoms with Gasteiger partial charge in [-0.25, -0.2) is 4.79 Å². The average Bonchev–Trinajstić information content (AvgIpc) is 2.68. The lowest BCUT2D eigenvalue weighted by molar-refractivity contribution is 0.0192. The lowest BCUT2D eigenvalue weighted by Gasteiger charge is -2.30. The fourth-order valence-electron chi connectivity index (χ4n) is 1.76. The molecule has 18 heavy (non-hydrogen) atoms. The molecule has 0 radical (unpaired) electrons. The van der Waals surface area contributed by atoms with Gasteiger partial charge in [0.15, 0.2) is 5.82 Å². The number of hydrogen-bond acceptors (Lipinski definition) is 5. The van der Waals surface area contributed by atoms with E-state index in [0.29, 0.717) is 31.5 Å². The lowest BCUT2D eigenvalue weighted by atomic mass is 10.2. The van der Waals surface area contributed by atoms with Gasteiger partial charge in [0, 0.05) is 13.1 Å². The van der Waals surface area contributed by atoms with Gasteiger partial charge in [-0.2, -0.15) is 0 Å². The summed E-state index contributed by atoms with van der Waals surface area (Å²) in [5, 5.41) is 7.89. The quantitative estimate of drug-likeness (QED) is 0.749. The van der Waals surface area contributed by atoms with Crippen LogP contribution in [0.4, 0.5) is 4.79 Å². The highest BCUT2D eigenvalue weighted by atomic mass is 16.6. The highest BCUT2D eigenvalue weighted by Gasteiger charge is 2.28. The van der Waals surface area contributed by atoms with Crippen molar-refractivity contribution in [3.63, 3.8) is 0 Å². The molecule has 0 bridgehead atoms. The molecule has 0 aliphatic carbocycles. The van der Waals surface area contributed by atoms with E-state index in [-0.39, 0.29) is 6.09 Å². The third-order valence-corrected chi connectivity index (χ3v) is 2.55. The minimum atomic E-state index is -0.486. The van der Waals surface area contributed by atoms with Crippen LogP contribution in [0.5, 0.6) is 6.01 Å². The SMILES string of the molecule is COc1nnc2n1CCN(C(=O)OC(C)(C)C)C2. The average molecular weight is 254 g/mol. The van der Waals surface area contributed by atoms with Crippen LogP contribution in [0.25, 0.3) is 0 Å². The fourth-order valence-corrected chi connectivity index (χ4v) is 1.76. The predicted octanol–water partition coefficient (Wildman–Crippen LogP) is 1.04. The Morgan fingerprint density at radius 1 is 1.28 bits per heavy atom. The summed E-state index contributed by atoms with van der Waals surface area (Å²) in [7, 11) is 1.55. The molecule has 0 atom stereocenters. The van der Waals surface area contributed by atoms with E-state index < -0.39 is 5.60 Å². The van der Waals surface area contributed by atoms with Crippen molar-refractivity contribution < 1.29 is 14.3 Å². The number of carbonyl (C=O) groups is 1. The standard InChI is InChI=1S/C11H18N4O3/c1-11(2,3)18-10(16)14-5-6-15-8(7-14)12-13-9(15)17-4/h5-7H2,1-4H3. The number of amides is 1. The van der Waals surface area contributed by atoms with Crippen molar-refractivity contribution in [3.05, 3.63) is 5.82 Å². The first kappa shape index (κ1) is 12.7. The minimum Gasteiger partial charge on any atom is -0.467 e. The highest BCUT2D eigenvalue weighted by molar-refractivity contribution is 5.68. The maximum absolute atomic E-state index is 11.9. The van der Waals surface area contributed by atoms with Crippen molar-refractivity contribution >= 4 is 6.09 Å². The van der Waals surface area contributed by atoms with Gasteiger partial charge in [0.05, 0.1) is 13.7 Å². The number of fused-ring (bicyclic) bond motifs is 1. The number of carbonyl (C=O) groups excluding carboxylic acids is 1. The van der Waals surface area contributed by atoms with Crippen molar-refractivity contribution in [3.8, 4) is 6.01 Å². The Morgan fingerprint density at radius 3 is 2.61 bits per heavy atom. The van der Waals surface area contributed by atoms with E-state index in [0.717, 1.165) is 0 Å². The molecule has 0 saturated heterocycles. The number of rotatable bonds is 1. The molecule has 100 valence electrons. The molecule has 7 heteroatoms. The number of methoxy groups -OCH3 is 1. The first-order chi connectivity index (χ1) is 8.40. The van der Waals surface area contributed by atoms with Crippen molar-refractivity contribution in [1.29, 1.82) is 0 Å². The van der Waals surface area contributed by atoms with E-state index in [2.05, 4.69) is 10.2 Å². The van der Waals surface area contributed by atoms with Gasteiger partial charge in [-0.05, 0) is 20.8 Å². The van der Waals surface area contributed by atoms with E-state index in [9.17, 15) is 4.79 Å². The van der Waals surface area contributed by atoms with Crippen LogP contribution in [0.15, 0.2) is 0 Å². The Hall–Kier alpha value is -1.79. The first-order valence-corrected chi connectivity index (χ1v) is 5.85. The summed E-state index contributed by atoms with van der Waals surface area (Å²) < 4.78 is 12.3. The summed E-state index contributed by atoms with van der Waals surface area (Å²) >= 11 is 0. The van der Waals surface area contributed by atoms with Gasteiger partial charge >= 0.3 is 12.1 Å². The Labute approximate surface area is 106 Å². The second kappa shape index (κ2) is 4.47. The number of ether oxygens (including phenoxy) is 2. The van der Waals surface area contributed by atoms with Crippen LogP contribution in [-0.2, 0) is 17.8 Å². The zero-order chi connectivity index (χ0) is 13.3. The van der Waals surface area contributed by atoms with E-state index in [1.165, 1.54) is 0 Å². The minimum absolute atomic E-state index is 0.323. The largest absolute Gasteiger partial charge is 0.467 e. The second-order valence-electron chi connectivity index (χ2n) is 5.16. The zero-order valence-corrected chi connectivity index (χ0v) is 11.1. The van der Waals surface area contributed by atoms with Crippen LogP contribution in [0.1, 0.15) is 26.6 Å². The third kappa shape index (κ3) is 2.55. The summed E-state index contributed by atoms with van der Waals surface area (Å²) in [6.07, 6.45) is -0.323. The van der Waals surface area contributed by atoms with Crippen LogP contribution in [0.3, 0.4) is 0 Å². The van der Waals surface area contributed by atoms with E-state index in [1.807, 2.05) is 25.3 Å². The Kier molecular flexibility index (Phi) is 3.14. The summed E-state index contributed by atoms with van der Waals surface area (Å²) in [6, 6.07) is 0.480. The molecule has 0 aromatic carbocycles. The molecular weight excluding hydrogens is 236 g/mol. The lowest BCUT2D eigenvalue weighted by Crippen LogP contribution is -2.41. The van der Waals surface area contributed by atoms with Crippen LogP contribution in [-0.4, -0.2) is 45.0 Å². The van der Waals surface area contributed by atoms with E-state index in [1.54, 1.807) is 12.0 Å². The van der Waals surface area contributed by atoms with Gasteiger partial charge in [-0.3, -0.25) is 9.47 Å². The Bertz CT molecular complexity index is 450. The first-order valence-electron chi connectivity index (χ1n) is 5.85. The van der Waals surface area contributed by atoms with Crippen molar-refractivity contribution in [2.24, 2.45) is 0 Å². The third-order valence-electron chi connectivity index (χ3n) is 2.55. The molecule has 0 fully saturated rings. The van der Waals surface area contributed by atoms with Crippen LogP contribution >= 0.6 is 0 Å². The Morgan fingerprint density at radius 2 is 2.00 bits per heavy atom. The van der Waals surface area contributed by atoms with Crippen molar-refractivity contribution in [2.75, 3.05) is 13.7 Å². The van der Waals surface area contributed by atoms with Gasteiger partial charge in [0.2, 0.25) is 0 Å². The maximum atomic E-state index is 11.9. The summed E-state index contributed by atoms with van der Waals surface area (Å²) in [5.74, 6) is 0.712. The van der Waals surface area contributed by atoms with Gasteiger partial charge in [-0.1, -0.05) is 5.10 Å². The summed E-state index contributed by atoms with van der Waals surface area (Å²) in [6.45, 7) is 7.12. The van der Waals surface area contributed by atoms with Crippen LogP contribution < -0.4 is 4.74 Å². The molecule has 0 N–H and O–H groups in total. The van der Waals surface area contributed by atoms with E-state index >= 15 is 0 Å². The van der Waals surface area contributed by atoms with E-state index in [4.69, 9.17) is 9.47 Å². The maximum Gasteiger partial charge on any atom is 0.410 e. The summed E-state index contributed by atoms with van der Waals surface area (Å²) in [4.78, 5) is 13.5. The zero-order valence-electron chi connectivity index (χ0n) is 11.1.